The molecule has 1 aliphatic rings. The van der Waals surface area contributed by atoms with Gasteiger partial charge in [-0.25, -0.2) is 15.0 Å². The standard InChI is InChI=1S/C33H37F3N6O2/c1-41(2)29-17-23(22-6-5-7-25(16-22)33(34,35)36)9-12-28(29)40-31-13-10-26(19-38-31)42(32-14-15-37-21-39-32)20-24-8-11-27(43-3)18-30(24)44-4/h5-8,10-11,13-16,18-19,21,23,28-29H,9,12,17,20H2,1-4H3,(H,38,40)/t23-,28-,29-/m0/s1. The maximum Gasteiger partial charge on any atom is 0.416 e. The lowest BCUT2D eigenvalue weighted by molar-refractivity contribution is -0.137. The van der Waals surface area contributed by atoms with Gasteiger partial charge in [-0.2, -0.15) is 13.2 Å². The number of anilines is 3. The molecule has 8 nitrogen and oxygen atoms in total. The normalized spacial score (nSPS) is 18.6. The fraction of sp³-hybridized carbons (Fsp3) is 0.364. The minimum Gasteiger partial charge on any atom is -0.497 e. The molecule has 3 atom stereocenters. The molecule has 1 fully saturated rings. The van der Waals surface area contributed by atoms with Crippen molar-refractivity contribution in [3.8, 4) is 11.5 Å². The van der Waals surface area contributed by atoms with Crippen LogP contribution < -0.4 is 19.7 Å². The number of nitrogens with one attached hydrogen (secondary N) is 1. The predicted molar refractivity (Wildman–Crippen MR) is 165 cm³/mol. The van der Waals surface area contributed by atoms with Gasteiger partial charge in [-0.3, -0.25) is 0 Å². The van der Waals surface area contributed by atoms with Crippen molar-refractivity contribution in [1.29, 1.82) is 0 Å². The van der Waals surface area contributed by atoms with Crippen molar-refractivity contribution in [1.82, 2.24) is 19.9 Å². The SMILES string of the molecule is COc1ccc(CN(c2ccc(N[C@H]3CC[C@H](c4cccc(C(F)(F)F)c4)C[C@@H]3N(C)C)nc2)c2ccncn2)c(OC)c1. The summed E-state index contributed by atoms with van der Waals surface area (Å²) >= 11 is 0. The molecule has 2 heterocycles. The smallest absolute Gasteiger partial charge is 0.416 e. The Balaban J connectivity index is 1.33. The van der Waals surface area contributed by atoms with Crippen LogP contribution in [0.3, 0.4) is 0 Å². The molecule has 0 amide bonds. The molecule has 232 valence electrons. The van der Waals surface area contributed by atoms with Gasteiger partial charge in [0.05, 0.1) is 38.2 Å². The van der Waals surface area contributed by atoms with Crippen LogP contribution in [0.5, 0.6) is 11.5 Å². The van der Waals surface area contributed by atoms with E-state index in [-0.39, 0.29) is 18.0 Å². The van der Waals surface area contributed by atoms with E-state index >= 15 is 0 Å². The monoisotopic (exact) mass is 606 g/mol. The Bertz CT molecular complexity index is 1520. The summed E-state index contributed by atoms with van der Waals surface area (Å²) in [6.45, 7) is 0.473. The van der Waals surface area contributed by atoms with Gasteiger partial charge in [-0.05, 0) is 81.2 Å². The van der Waals surface area contributed by atoms with E-state index in [1.807, 2.05) is 61.5 Å². The van der Waals surface area contributed by atoms with Crippen molar-refractivity contribution in [3.63, 3.8) is 0 Å². The van der Waals surface area contributed by atoms with E-state index in [2.05, 4.69) is 20.2 Å². The van der Waals surface area contributed by atoms with E-state index in [1.165, 1.54) is 18.5 Å². The number of alkyl halides is 3. The van der Waals surface area contributed by atoms with Crippen molar-refractivity contribution in [3.05, 3.63) is 96.1 Å². The number of likely N-dealkylation sites (N-methyl/N-ethyl adjacent to an activating group) is 1. The number of pyridine rings is 1. The molecule has 0 spiro atoms. The van der Waals surface area contributed by atoms with Gasteiger partial charge < -0.3 is 24.6 Å². The highest BCUT2D eigenvalue weighted by molar-refractivity contribution is 5.61. The van der Waals surface area contributed by atoms with Crippen molar-refractivity contribution in [2.75, 3.05) is 38.5 Å². The lowest BCUT2D eigenvalue weighted by Gasteiger charge is -2.40. The molecule has 1 aliphatic carbocycles. The number of aromatic nitrogens is 3. The minimum atomic E-state index is -4.35. The van der Waals surface area contributed by atoms with Crippen LogP contribution in [0.4, 0.5) is 30.5 Å². The Morgan fingerprint density at radius 2 is 1.80 bits per heavy atom. The number of halogens is 3. The van der Waals surface area contributed by atoms with Crippen LogP contribution in [0.2, 0.25) is 0 Å². The molecule has 0 saturated heterocycles. The molecular formula is C33H37F3N6O2. The van der Waals surface area contributed by atoms with Crippen LogP contribution in [0.15, 0.2) is 79.4 Å². The highest BCUT2D eigenvalue weighted by Gasteiger charge is 2.35. The molecule has 5 rings (SSSR count). The molecular weight excluding hydrogens is 569 g/mol. The lowest BCUT2D eigenvalue weighted by Crippen LogP contribution is -2.47. The first-order chi connectivity index (χ1) is 21.2. The first-order valence-corrected chi connectivity index (χ1v) is 14.5. The van der Waals surface area contributed by atoms with Crippen LogP contribution in [0, 0.1) is 0 Å². The van der Waals surface area contributed by atoms with Crippen LogP contribution in [-0.2, 0) is 12.7 Å². The average molecular weight is 607 g/mol. The van der Waals surface area contributed by atoms with Gasteiger partial charge in [-0.15, -0.1) is 0 Å². The number of hydrogen-bond acceptors (Lipinski definition) is 8. The lowest BCUT2D eigenvalue weighted by atomic mass is 9.78. The summed E-state index contributed by atoms with van der Waals surface area (Å²) in [5, 5.41) is 3.60. The Morgan fingerprint density at radius 1 is 0.955 bits per heavy atom. The second-order valence-corrected chi connectivity index (χ2v) is 11.1. The zero-order valence-corrected chi connectivity index (χ0v) is 25.3. The van der Waals surface area contributed by atoms with Crippen molar-refractivity contribution >= 4 is 17.3 Å². The quantitative estimate of drug-likeness (QED) is 0.209. The highest BCUT2D eigenvalue weighted by atomic mass is 19.4. The maximum atomic E-state index is 13.3. The molecule has 4 aromatic rings. The molecule has 0 unspecified atom stereocenters. The van der Waals surface area contributed by atoms with Gasteiger partial charge in [0.25, 0.3) is 0 Å². The first-order valence-electron chi connectivity index (χ1n) is 14.5. The Kier molecular flexibility index (Phi) is 9.53. The fourth-order valence-corrected chi connectivity index (χ4v) is 5.88. The Morgan fingerprint density at radius 3 is 2.45 bits per heavy atom. The second kappa shape index (κ2) is 13.5. The van der Waals surface area contributed by atoms with Crippen molar-refractivity contribution in [2.24, 2.45) is 0 Å². The zero-order chi connectivity index (χ0) is 31.3. The van der Waals surface area contributed by atoms with Crippen molar-refractivity contribution in [2.45, 2.75) is 50.0 Å². The number of hydrogen-bond donors (Lipinski definition) is 1. The molecule has 2 aromatic carbocycles. The zero-order valence-electron chi connectivity index (χ0n) is 25.3. The topological polar surface area (TPSA) is 75.6 Å². The van der Waals surface area contributed by atoms with Gasteiger partial charge in [0.2, 0.25) is 0 Å². The Labute approximate surface area is 255 Å². The number of benzene rings is 2. The Hall–Kier alpha value is -4.38. The van der Waals surface area contributed by atoms with Gasteiger partial charge in [0.15, 0.2) is 0 Å². The number of ether oxygens (including phenoxy) is 2. The summed E-state index contributed by atoms with van der Waals surface area (Å²) in [5.41, 5.74) is 1.93. The molecule has 0 aliphatic heterocycles. The predicted octanol–water partition coefficient (Wildman–Crippen LogP) is 6.92. The van der Waals surface area contributed by atoms with E-state index in [0.717, 1.165) is 48.0 Å². The van der Waals surface area contributed by atoms with E-state index in [4.69, 9.17) is 14.5 Å². The highest BCUT2D eigenvalue weighted by Crippen LogP contribution is 2.39. The van der Waals surface area contributed by atoms with E-state index < -0.39 is 11.7 Å². The number of methoxy groups -OCH3 is 2. The molecule has 11 heteroatoms. The van der Waals surface area contributed by atoms with Gasteiger partial charge >= 0.3 is 6.18 Å². The molecule has 2 aromatic heterocycles. The van der Waals surface area contributed by atoms with E-state index in [9.17, 15) is 13.2 Å². The third-order valence-electron chi connectivity index (χ3n) is 8.22. The molecule has 0 radical (unpaired) electrons. The molecule has 44 heavy (non-hydrogen) atoms. The summed E-state index contributed by atoms with van der Waals surface area (Å²) in [6, 6.07) is 17.4. The third kappa shape index (κ3) is 7.21. The molecule has 1 saturated carbocycles. The van der Waals surface area contributed by atoms with Gasteiger partial charge in [-0.1, -0.05) is 18.2 Å². The van der Waals surface area contributed by atoms with Gasteiger partial charge in [0.1, 0.15) is 29.5 Å². The summed E-state index contributed by atoms with van der Waals surface area (Å²) in [5.74, 6) is 2.89. The summed E-state index contributed by atoms with van der Waals surface area (Å²) in [7, 11) is 7.27. The average Bonchev–Trinajstić information content (AvgIpc) is 3.04. The second-order valence-electron chi connectivity index (χ2n) is 11.1. The van der Waals surface area contributed by atoms with Crippen LogP contribution >= 0.6 is 0 Å². The van der Waals surface area contributed by atoms with Crippen LogP contribution in [0.25, 0.3) is 0 Å². The van der Waals surface area contributed by atoms with Gasteiger partial charge in [0, 0.05) is 29.9 Å². The van der Waals surface area contributed by atoms with Crippen molar-refractivity contribution < 1.29 is 22.6 Å². The maximum absolute atomic E-state index is 13.3. The fourth-order valence-electron chi connectivity index (χ4n) is 5.88. The van der Waals surface area contributed by atoms with Crippen LogP contribution in [0.1, 0.15) is 41.9 Å². The van der Waals surface area contributed by atoms with Crippen LogP contribution in [-0.4, -0.2) is 60.3 Å². The molecule has 0 bridgehead atoms. The largest absolute Gasteiger partial charge is 0.497 e. The summed E-state index contributed by atoms with van der Waals surface area (Å²) in [6.07, 6.45) is 2.99. The third-order valence-corrected chi connectivity index (χ3v) is 8.22. The summed E-state index contributed by atoms with van der Waals surface area (Å²) in [4.78, 5) is 17.5. The molecule has 1 N–H and O–H groups in total. The van der Waals surface area contributed by atoms with E-state index in [1.54, 1.807) is 26.6 Å². The number of rotatable bonds is 10. The van der Waals surface area contributed by atoms with E-state index in [0.29, 0.717) is 23.9 Å². The first kappa shape index (κ1) is 31.1. The number of nitrogens with zero attached hydrogens (tertiary/aromatic N) is 5. The summed E-state index contributed by atoms with van der Waals surface area (Å²) < 4.78 is 51.0. The minimum absolute atomic E-state index is 0.0504.